The van der Waals surface area contributed by atoms with Crippen LogP contribution in [0.1, 0.15) is 62.6 Å². The van der Waals surface area contributed by atoms with Gasteiger partial charge >= 0.3 is 18.1 Å². The average Bonchev–Trinajstić information content (AvgIpc) is 3.75. The van der Waals surface area contributed by atoms with Crippen LogP contribution in [-0.2, 0) is 30.7 Å². The number of hydrogen-bond donors (Lipinski definition) is 1. The second kappa shape index (κ2) is 12.5. The van der Waals surface area contributed by atoms with Gasteiger partial charge in [0, 0.05) is 56.8 Å². The standard InChI is InChI=1S/C33H37F3N2O5/c1-21(39)42-28-8-4-6-25(16-28)32-13-14-38(19-24-9-10-24)20-29(32)30(43-22(2)40)17-27(18-32)37-31(41)12-11-23-5-3-7-26(15-23)33(34,35)36/h3-8,11-12,15-16,24,27,29-30H,9-10,13-14,17-20H2,1-2H3,(H,37,41). The van der Waals surface area contributed by atoms with Gasteiger partial charge in [-0.3, -0.25) is 14.4 Å². The lowest BCUT2D eigenvalue weighted by Crippen LogP contribution is -2.61. The Balaban J connectivity index is 1.42. The average molecular weight is 599 g/mol. The number of nitrogens with zero attached hydrogens (tertiary/aromatic N) is 1. The lowest BCUT2D eigenvalue weighted by Gasteiger charge is -2.55. The maximum Gasteiger partial charge on any atom is 0.416 e. The van der Waals surface area contributed by atoms with Gasteiger partial charge in [-0.2, -0.15) is 13.2 Å². The third-order valence-electron chi connectivity index (χ3n) is 8.80. The largest absolute Gasteiger partial charge is 0.462 e. The fourth-order valence-corrected chi connectivity index (χ4v) is 6.82. The summed E-state index contributed by atoms with van der Waals surface area (Å²) in [5.41, 5.74) is -0.0492. The number of halogens is 3. The Morgan fingerprint density at radius 3 is 2.53 bits per heavy atom. The molecule has 43 heavy (non-hydrogen) atoms. The van der Waals surface area contributed by atoms with Gasteiger partial charge in [-0.1, -0.05) is 24.3 Å². The lowest BCUT2D eigenvalue weighted by molar-refractivity contribution is -0.157. The van der Waals surface area contributed by atoms with E-state index in [1.807, 2.05) is 18.2 Å². The van der Waals surface area contributed by atoms with Crippen LogP contribution in [0.4, 0.5) is 13.2 Å². The Morgan fingerprint density at radius 2 is 1.84 bits per heavy atom. The van der Waals surface area contributed by atoms with Crippen molar-refractivity contribution >= 4 is 23.9 Å². The van der Waals surface area contributed by atoms with E-state index in [9.17, 15) is 27.6 Å². The molecule has 4 atom stereocenters. The molecule has 0 aromatic heterocycles. The number of esters is 2. The molecule has 5 rings (SSSR count). The molecule has 1 saturated heterocycles. The minimum absolute atomic E-state index is 0.0507. The summed E-state index contributed by atoms with van der Waals surface area (Å²) in [5, 5.41) is 3.03. The number of carbonyl (C=O) groups excluding carboxylic acids is 3. The van der Waals surface area contributed by atoms with E-state index >= 15 is 0 Å². The smallest absolute Gasteiger partial charge is 0.416 e. The molecule has 4 unspecified atom stereocenters. The Kier molecular flexibility index (Phi) is 8.96. The molecule has 230 valence electrons. The minimum atomic E-state index is -4.48. The number of likely N-dealkylation sites (tertiary alicyclic amines) is 1. The van der Waals surface area contributed by atoms with E-state index in [0.717, 1.165) is 43.8 Å². The zero-order chi connectivity index (χ0) is 30.8. The highest BCUT2D eigenvalue weighted by Gasteiger charge is 2.54. The van der Waals surface area contributed by atoms with E-state index in [-0.39, 0.29) is 17.5 Å². The predicted molar refractivity (Wildman–Crippen MR) is 154 cm³/mol. The van der Waals surface area contributed by atoms with E-state index in [2.05, 4.69) is 10.2 Å². The van der Waals surface area contributed by atoms with Crippen molar-refractivity contribution < 1.29 is 37.0 Å². The highest BCUT2D eigenvalue weighted by atomic mass is 19.4. The molecule has 2 saturated carbocycles. The number of benzene rings is 2. The van der Waals surface area contributed by atoms with E-state index in [1.165, 1.54) is 51.0 Å². The molecule has 0 bridgehead atoms. The Labute approximate surface area is 249 Å². The highest BCUT2D eigenvalue weighted by Crippen LogP contribution is 2.51. The van der Waals surface area contributed by atoms with Gasteiger partial charge in [-0.25, -0.2) is 0 Å². The number of hydrogen-bond acceptors (Lipinski definition) is 6. The first-order chi connectivity index (χ1) is 20.4. The highest BCUT2D eigenvalue weighted by molar-refractivity contribution is 5.92. The van der Waals surface area contributed by atoms with Crippen molar-refractivity contribution in [2.75, 3.05) is 19.6 Å². The number of fused-ring (bicyclic) bond motifs is 1. The van der Waals surface area contributed by atoms with Crippen LogP contribution in [0.5, 0.6) is 5.75 Å². The zero-order valence-electron chi connectivity index (χ0n) is 24.4. The molecule has 2 aromatic carbocycles. The number of rotatable bonds is 8. The van der Waals surface area contributed by atoms with Gasteiger partial charge in [0.25, 0.3) is 0 Å². The van der Waals surface area contributed by atoms with Crippen molar-refractivity contribution in [2.24, 2.45) is 11.8 Å². The summed E-state index contributed by atoms with van der Waals surface area (Å²) in [6, 6.07) is 11.8. The first-order valence-corrected chi connectivity index (χ1v) is 14.8. The van der Waals surface area contributed by atoms with Crippen LogP contribution < -0.4 is 10.1 Å². The van der Waals surface area contributed by atoms with Crippen LogP contribution >= 0.6 is 0 Å². The van der Waals surface area contributed by atoms with E-state index < -0.39 is 41.1 Å². The first kappa shape index (κ1) is 30.8. The van der Waals surface area contributed by atoms with E-state index in [4.69, 9.17) is 9.47 Å². The van der Waals surface area contributed by atoms with Crippen LogP contribution in [0.3, 0.4) is 0 Å². The van der Waals surface area contributed by atoms with Crippen molar-refractivity contribution in [3.8, 4) is 5.75 Å². The minimum Gasteiger partial charge on any atom is -0.462 e. The summed E-state index contributed by atoms with van der Waals surface area (Å²) in [4.78, 5) is 39.5. The molecule has 1 amide bonds. The summed E-state index contributed by atoms with van der Waals surface area (Å²) in [7, 11) is 0. The molecule has 10 heteroatoms. The summed E-state index contributed by atoms with van der Waals surface area (Å²) in [5.74, 6) is -0.195. The maximum atomic E-state index is 13.1. The second-order valence-electron chi connectivity index (χ2n) is 12.1. The van der Waals surface area contributed by atoms with Gasteiger partial charge in [0.05, 0.1) is 5.56 Å². The normalized spacial score (nSPS) is 26.0. The number of piperidine rings is 1. The van der Waals surface area contributed by atoms with E-state index in [1.54, 1.807) is 6.07 Å². The maximum absolute atomic E-state index is 13.1. The number of nitrogens with one attached hydrogen (secondary N) is 1. The number of amides is 1. The molecular formula is C33H37F3N2O5. The van der Waals surface area contributed by atoms with Gasteiger partial charge in [-0.15, -0.1) is 0 Å². The Bertz CT molecular complexity index is 1390. The fourth-order valence-electron chi connectivity index (χ4n) is 6.82. The van der Waals surface area contributed by atoms with Gasteiger partial charge in [-0.05, 0) is 79.6 Å². The van der Waals surface area contributed by atoms with Crippen molar-refractivity contribution in [2.45, 2.75) is 69.7 Å². The van der Waals surface area contributed by atoms with Crippen LogP contribution in [-0.4, -0.2) is 54.5 Å². The van der Waals surface area contributed by atoms with Gasteiger partial charge in [0.2, 0.25) is 5.91 Å². The molecule has 1 heterocycles. The third kappa shape index (κ3) is 7.65. The molecule has 0 spiro atoms. The van der Waals surface area contributed by atoms with Crippen LogP contribution in [0.2, 0.25) is 0 Å². The number of alkyl halides is 3. The molecule has 0 radical (unpaired) electrons. The summed E-state index contributed by atoms with van der Waals surface area (Å²) >= 11 is 0. The molecule has 1 N–H and O–H groups in total. The third-order valence-corrected chi connectivity index (χ3v) is 8.80. The molecule has 2 aliphatic carbocycles. The number of carbonyl (C=O) groups is 3. The Morgan fingerprint density at radius 1 is 1.07 bits per heavy atom. The van der Waals surface area contributed by atoms with Crippen molar-refractivity contribution in [3.05, 3.63) is 71.3 Å². The van der Waals surface area contributed by atoms with Crippen molar-refractivity contribution in [1.82, 2.24) is 10.2 Å². The zero-order valence-corrected chi connectivity index (χ0v) is 24.4. The topological polar surface area (TPSA) is 84.9 Å². The summed E-state index contributed by atoms with van der Waals surface area (Å²) in [6.07, 6.45) is 1.84. The molecule has 3 aliphatic rings. The first-order valence-electron chi connectivity index (χ1n) is 14.8. The predicted octanol–water partition coefficient (Wildman–Crippen LogP) is 5.52. The van der Waals surface area contributed by atoms with Crippen LogP contribution in [0.25, 0.3) is 6.08 Å². The summed E-state index contributed by atoms with van der Waals surface area (Å²) < 4.78 is 50.7. The van der Waals surface area contributed by atoms with Crippen molar-refractivity contribution in [3.63, 3.8) is 0 Å². The monoisotopic (exact) mass is 598 g/mol. The van der Waals surface area contributed by atoms with Gasteiger partial charge in [0.1, 0.15) is 11.9 Å². The molecule has 1 aliphatic heterocycles. The molecule has 2 aromatic rings. The molecule has 3 fully saturated rings. The van der Waals surface area contributed by atoms with Crippen LogP contribution in [0, 0.1) is 11.8 Å². The van der Waals surface area contributed by atoms with Gasteiger partial charge in [0.15, 0.2) is 0 Å². The quantitative estimate of drug-likeness (QED) is 0.245. The van der Waals surface area contributed by atoms with E-state index in [0.29, 0.717) is 24.5 Å². The van der Waals surface area contributed by atoms with Crippen LogP contribution in [0.15, 0.2) is 54.6 Å². The Hall–Kier alpha value is -3.66. The van der Waals surface area contributed by atoms with Crippen molar-refractivity contribution in [1.29, 1.82) is 0 Å². The van der Waals surface area contributed by atoms with Gasteiger partial charge < -0.3 is 19.7 Å². The molecule has 7 nitrogen and oxygen atoms in total. The fraction of sp³-hybridized carbons (Fsp3) is 0.485. The lowest BCUT2D eigenvalue weighted by atomic mass is 9.57. The SMILES string of the molecule is CC(=O)Oc1cccc(C23CCN(CC4CC4)CC2C(OC(C)=O)CC(NC(=O)C=Cc2cccc(C(F)(F)F)c2)C3)c1. The number of ether oxygens (including phenoxy) is 2. The second-order valence-corrected chi connectivity index (χ2v) is 12.1. The molecular weight excluding hydrogens is 561 g/mol. The summed E-state index contributed by atoms with van der Waals surface area (Å²) in [6.45, 7) is 5.32.